The number of rotatable bonds is 10. The van der Waals surface area contributed by atoms with Crippen LogP contribution in [0.1, 0.15) is 48.3 Å². The molecule has 8 heteroatoms. The number of ether oxygens (including phenoxy) is 1. The Bertz CT molecular complexity index is 1330. The van der Waals surface area contributed by atoms with E-state index in [4.69, 9.17) is 4.74 Å². The van der Waals surface area contributed by atoms with Gasteiger partial charge in [0.1, 0.15) is 12.6 Å². The summed E-state index contributed by atoms with van der Waals surface area (Å²) in [4.78, 5) is 42.2. The molecule has 1 saturated heterocycles. The van der Waals surface area contributed by atoms with Gasteiger partial charge < -0.3 is 20.1 Å². The van der Waals surface area contributed by atoms with Crippen molar-refractivity contribution in [3.8, 4) is 11.1 Å². The summed E-state index contributed by atoms with van der Waals surface area (Å²) in [5.41, 5.74) is 5.59. The number of carbonyl (C=O) groups is 3. The van der Waals surface area contributed by atoms with Gasteiger partial charge in [-0.1, -0.05) is 78.9 Å². The number of carbonyl (C=O) groups excluding carboxylic acids is 2. The van der Waals surface area contributed by atoms with Crippen LogP contribution in [-0.4, -0.2) is 71.7 Å². The Labute approximate surface area is 240 Å². The molecule has 2 N–H and O–H groups in total. The number of alkyl carbamates (subject to hydrolysis) is 1. The van der Waals surface area contributed by atoms with Crippen LogP contribution < -0.4 is 5.32 Å². The molecule has 0 saturated carbocycles. The SMILES string of the molecule is CN(Cc1ccccc1)CC(NC(=O)OCC1c2ccccc2-c2ccccc21)C(=O)N1CCCC[C@H]1CC(=O)O. The van der Waals surface area contributed by atoms with Gasteiger partial charge in [-0.3, -0.25) is 14.5 Å². The van der Waals surface area contributed by atoms with Crippen LogP contribution in [0.3, 0.4) is 0 Å². The molecule has 0 spiro atoms. The molecule has 1 heterocycles. The number of carboxylic acid groups (broad SMARTS) is 1. The number of benzene rings is 3. The van der Waals surface area contributed by atoms with Gasteiger partial charge in [0.2, 0.25) is 5.91 Å². The van der Waals surface area contributed by atoms with Gasteiger partial charge in [-0.15, -0.1) is 0 Å². The first-order valence-corrected chi connectivity index (χ1v) is 14.3. The number of hydrogen-bond donors (Lipinski definition) is 2. The van der Waals surface area contributed by atoms with Crippen molar-refractivity contribution in [3.05, 3.63) is 95.6 Å². The molecule has 8 nitrogen and oxygen atoms in total. The van der Waals surface area contributed by atoms with Crippen molar-refractivity contribution in [2.45, 2.75) is 50.2 Å². The molecule has 2 atom stereocenters. The number of fused-ring (bicyclic) bond motifs is 3. The second-order valence-corrected chi connectivity index (χ2v) is 11.0. The molecule has 1 fully saturated rings. The third-order valence-electron chi connectivity index (χ3n) is 8.04. The van der Waals surface area contributed by atoms with Crippen molar-refractivity contribution in [3.63, 3.8) is 0 Å². The van der Waals surface area contributed by atoms with Crippen LogP contribution in [0.4, 0.5) is 4.79 Å². The number of nitrogens with one attached hydrogen (secondary N) is 1. The average Bonchev–Trinajstić information content (AvgIpc) is 3.29. The van der Waals surface area contributed by atoms with E-state index in [0.29, 0.717) is 19.5 Å². The van der Waals surface area contributed by atoms with Crippen LogP contribution in [0.15, 0.2) is 78.9 Å². The Morgan fingerprint density at radius 2 is 1.59 bits per heavy atom. The molecule has 1 unspecified atom stereocenters. The van der Waals surface area contributed by atoms with Gasteiger partial charge in [-0.2, -0.15) is 0 Å². The standard InChI is InChI=1S/C33H37N3O5/c1-35(20-23-11-3-2-4-12-23)21-30(32(39)36-18-10-9-13-24(36)19-31(37)38)34-33(40)41-22-29-27-16-7-5-14-25(27)26-15-6-8-17-28(26)29/h2-8,11-12,14-17,24,29-30H,9-10,13,18-22H2,1H3,(H,34,40)(H,37,38)/t24-,30?/m0/s1. The Morgan fingerprint density at radius 1 is 0.951 bits per heavy atom. The molecule has 2 amide bonds. The molecule has 0 radical (unpaired) electrons. The molecular weight excluding hydrogens is 518 g/mol. The fourth-order valence-corrected chi connectivity index (χ4v) is 6.14. The number of likely N-dealkylation sites (N-methyl/N-ethyl adjacent to an activating group) is 1. The summed E-state index contributed by atoms with van der Waals surface area (Å²) in [7, 11) is 1.90. The van der Waals surface area contributed by atoms with Crippen LogP contribution in [-0.2, 0) is 20.9 Å². The minimum atomic E-state index is -0.933. The summed E-state index contributed by atoms with van der Waals surface area (Å²) in [6.45, 7) is 1.47. The zero-order valence-electron chi connectivity index (χ0n) is 23.4. The number of aliphatic carboxylic acids is 1. The monoisotopic (exact) mass is 555 g/mol. The predicted molar refractivity (Wildman–Crippen MR) is 156 cm³/mol. The first-order chi connectivity index (χ1) is 19.9. The summed E-state index contributed by atoms with van der Waals surface area (Å²) >= 11 is 0. The summed E-state index contributed by atoms with van der Waals surface area (Å²) in [5.74, 6) is -1.30. The summed E-state index contributed by atoms with van der Waals surface area (Å²) in [6, 6.07) is 24.9. The normalized spacial score (nSPS) is 17.0. The van der Waals surface area contributed by atoms with Crippen molar-refractivity contribution in [1.29, 1.82) is 0 Å². The lowest BCUT2D eigenvalue weighted by atomic mass is 9.98. The topological polar surface area (TPSA) is 99.2 Å². The van der Waals surface area contributed by atoms with E-state index in [1.54, 1.807) is 4.90 Å². The Kier molecular flexibility index (Phi) is 8.99. The number of amides is 2. The lowest BCUT2D eigenvalue weighted by molar-refractivity contribution is -0.143. The van der Waals surface area contributed by atoms with Crippen LogP contribution >= 0.6 is 0 Å². The molecule has 2 aliphatic rings. The van der Waals surface area contributed by atoms with E-state index in [1.807, 2.05) is 66.5 Å². The molecule has 1 aliphatic carbocycles. The summed E-state index contributed by atoms with van der Waals surface area (Å²) in [6.07, 6.45) is 1.54. The van der Waals surface area contributed by atoms with Crippen molar-refractivity contribution >= 4 is 18.0 Å². The molecule has 0 bridgehead atoms. The maximum absolute atomic E-state index is 13.8. The lowest BCUT2D eigenvalue weighted by Gasteiger charge is -2.38. The van der Waals surface area contributed by atoms with Crippen LogP contribution in [0.25, 0.3) is 11.1 Å². The van der Waals surface area contributed by atoms with Gasteiger partial charge in [0, 0.05) is 31.6 Å². The number of carboxylic acids is 1. The second kappa shape index (κ2) is 13.0. The first kappa shape index (κ1) is 28.4. The van der Waals surface area contributed by atoms with Crippen LogP contribution in [0.5, 0.6) is 0 Å². The van der Waals surface area contributed by atoms with E-state index < -0.39 is 18.1 Å². The van der Waals surface area contributed by atoms with Crippen LogP contribution in [0.2, 0.25) is 0 Å². The Morgan fingerprint density at radius 3 is 2.24 bits per heavy atom. The van der Waals surface area contributed by atoms with E-state index in [-0.39, 0.29) is 37.4 Å². The minimum Gasteiger partial charge on any atom is -0.481 e. The lowest BCUT2D eigenvalue weighted by Crippen LogP contribution is -2.57. The molecule has 5 rings (SSSR count). The smallest absolute Gasteiger partial charge is 0.407 e. The fourth-order valence-electron chi connectivity index (χ4n) is 6.14. The van der Waals surface area contributed by atoms with Crippen molar-refractivity contribution < 1.29 is 24.2 Å². The fraction of sp³-hybridized carbons (Fsp3) is 0.364. The highest BCUT2D eigenvalue weighted by Crippen LogP contribution is 2.44. The van der Waals surface area contributed by atoms with E-state index in [1.165, 1.54) is 0 Å². The molecule has 3 aromatic carbocycles. The Hall–Kier alpha value is -4.17. The minimum absolute atomic E-state index is 0.0925. The molecular formula is C33H37N3O5. The van der Waals surface area contributed by atoms with E-state index in [9.17, 15) is 19.5 Å². The van der Waals surface area contributed by atoms with Crippen LogP contribution in [0, 0.1) is 0 Å². The first-order valence-electron chi connectivity index (χ1n) is 14.3. The van der Waals surface area contributed by atoms with Gasteiger partial charge >= 0.3 is 12.1 Å². The number of hydrogen-bond acceptors (Lipinski definition) is 5. The summed E-state index contributed by atoms with van der Waals surface area (Å²) < 4.78 is 5.77. The average molecular weight is 556 g/mol. The Balaban J connectivity index is 1.30. The molecule has 1 aliphatic heterocycles. The third-order valence-corrected chi connectivity index (χ3v) is 8.04. The van der Waals surface area contributed by atoms with Gasteiger partial charge in [-0.25, -0.2) is 4.79 Å². The van der Waals surface area contributed by atoms with Gasteiger partial charge in [0.15, 0.2) is 0 Å². The van der Waals surface area contributed by atoms with Crippen molar-refractivity contribution in [2.75, 3.05) is 26.7 Å². The predicted octanol–water partition coefficient (Wildman–Crippen LogP) is 4.88. The van der Waals surface area contributed by atoms with Gasteiger partial charge in [-0.05, 0) is 54.1 Å². The van der Waals surface area contributed by atoms with Gasteiger partial charge in [0.25, 0.3) is 0 Å². The highest BCUT2D eigenvalue weighted by Gasteiger charge is 2.35. The van der Waals surface area contributed by atoms with E-state index in [2.05, 4.69) is 29.6 Å². The highest BCUT2D eigenvalue weighted by molar-refractivity contribution is 5.87. The molecule has 214 valence electrons. The van der Waals surface area contributed by atoms with Crippen molar-refractivity contribution in [1.82, 2.24) is 15.1 Å². The number of nitrogens with zero attached hydrogens (tertiary/aromatic N) is 2. The maximum Gasteiger partial charge on any atom is 0.407 e. The number of likely N-dealkylation sites (tertiary alicyclic amines) is 1. The van der Waals surface area contributed by atoms with Crippen molar-refractivity contribution in [2.24, 2.45) is 0 Å². The van der Waals surface area contributed by atoms with Gasteiger partial charge in [0.05, 0.1) is 6.42 Å². The second-order valence-electron chi connectivity index (χ2n) is 11.0. The van der Waals surface area contributed by atoms with E-state index in [0.717, 1.165) is 40.7 Å². The quantitative estimate of drug-likeness (QED) is 0.370. The molecule has 3 aromatic rings. The van der Waals surface area contributed by atoms with E-state index >= 15 is 0 Å². The zero-order valence-corrected chi connectivity index (χ0v) is 23.4. The molecule has 0 aromatic heterocycles. The highest BCUT2D eigenvalue weighted by atomic mass is 16.5. The maximum atomic E-state index is 13.8. The zero-order chi connectivity index (χ0) is 28.8. The summed E-state index contributed by atoms with van der Waals surface area (Å²) in [5, 5.41) is 12.3. The third kappa shape index (κ3) is 6.77. The number of piperidine rings is 1. The largest absolute Gasteiger partial charge is 0.481 e. The molecule has 41 heavy (non-hydrogen) atoms.